The Labute approximate surface area is 214 Å². The van der Waals surface area contributed by atoms with Gasteiger partial charge in [-0.25, -0.2) is 0 Å². The molecule has 3 aromatic rings. The van der Waals surface area contributed by atoms with Gasteiger partial charge in [0.15, 0.2) is 12.2 Å². The number of hydrogen-bond donors (Lipinski definition) is 4. The van der Waals surface area contributed by atoms with E-state index in [1.807, 2.05) is 0 Å². The van der Waals surface area contributed by atoms with Crippen LogP contribution in [0.5, 0.6) is 0 Å². The number of hydrogen-bond acceptors (Lipinski definition) is 8. The van der Waals surface area contributed by atoms with Crippen molar-refractivity contribution in [2.75, 3.05) is 21.3 Å². The van der Waals surface area contributed by atoms with Gasteiger partial charge in [0.25, 0.3) is 0 Å². The van der Waals surface area contributed by atoms with Crippen molar-refractivity contribution in [2.45, 2.75) is 12.2 Å². The van der Waals surface area contributed by atoms with Gasteiger partial charge in [0.1, 0.15) is 11.4 Å². The lowest BCUT2D eigenvalue weighted by Gasteiger charge is -2.20. The summed E-state index contributed by atoms with van der Waals surface area (Å²) in [5.74, 6) is 0.320. The summed E-state index contributed by atoms with van der Waals surface area (Å²) in [4.78, 5) is 26.2. The summed E-state index contributed by atoms with van der Waals surface area (Å²) in [6.45, 7) is 0. The molecule has 0 saturated heterocycles. The van der Waals surface area contributed by atoms with Crippen LogP contribution in [0.4, 0.5) is 22.7 Å². The zero-order chi connectivity index (χ0) is 24.6. The van der Waals surface area contributed by atoms with E-state index in [2.05, 4.69) is 21.3 Å². The summed E-state index contributed by atoms with van der Waals surface area (Å²) >= 11 is 12.2. The second-order valence-corrected chi connectivity index (χ2v) is 9.55. The molecule has 7 rings (SSSR count). The first-order valence-corrected chi connectivity index (χ1v) is 11.9. The molecule has 4 aliphatic rings. The first-order chi connectivity index (χ1) is 17.4. The summed E-state index contributed by atoms with van der Waals surface area (Å²) in [6.07, 6.45) is -1.63. The number of Topliss-reactive ketones (excluding diaryl/α,β-unsaturated/α-hetero) is 2. The third-order valence-electron chi connectivity index (χ3n) is 6.42. The summed E-state index contributed by atoms with van der Waals surface area (Å²) in [5.41, 5.74) is 4.98. The molecule has 0 aliphatic carbocycles. The van der Waals surface area contributed by atoms with E-state index in [1.54, 1.807) is 60.7 Å². The number of halogens is 2. The molecular formula is C26H16Cl2N4O4. The van der Waals surface area contributed by atoms with Crippen molar-refractivity contribution in [3.63, 3.8) is 0 Å². The summed E-state index contributed by atoms with van der Waals surface area (Å²) in [5, 5.41) is 13.7. The molecule has 0 aromatic heterocycles. The fraction of sp³-hybridized carbons (Fsp3) is 0.0769. The van der Waals surface area contributed by atoms with Crippen LogP contribution in [-0.2, 0) is 19.1 Å². The monoisotopic (exact) mass is 518 g/mol. The minimum Gasteiger partial charge on any atom is -0.461 e. The number of rotatable bonds is 2. The first-order valence-electron chi connectivity index (χ1n) is 11.1. The minimum atomic E-state index is -0.817. The predicted octanol–water partition coefficient (Wildman–Crippen LogP) is 5.69. The fourth-order valence-corrected chi connectivity index (χ4v) is 4.97. The van der Waals surface area contributed by atoms with Gasteiger partial charge in [0.05, 0.1) is 22.7 Å². The van der Waals surface area contributed by atoms with Gasteiger partial charge in [0, 0.05) is 21.2 Å². The van der Waals surface area contributed by atoms with Crippen LogP contribution in [0, 0.1) is 0 Å². The molecule has 2 atom stereocenters. The standard InChI is InChI=1S/C26H16Cl2N4O4/c27-13-5-7-15-17(9-13)31-25-19(29-15)21(33)23(35-25)11-1-2-12(4-3-11)24-22(34)20-26(36-24)32-18-10-14(28)6-8-16(18)30-20/h1-10,23-24,29-32H/t23-,24-/m0/s1. The maximum Gasteiger partial charge on any atom is 0.229 e. The lowest BCUT2D eigenvalue weighted by molar-refractivity contribution is -0.122. The van der Waals surface area contributed by atoms with E-state index < -0.39 is 12.2 Å². The Hall–Kier alpha value is -4.14. The number of fused-ring (bicyclic) bond motifs is 2. The van der Waals surface area contributed by atoms with Crippen molar-refractivity contribution in [1.82, 2.24) is 0 Å². The molecule has 4 heterocycles. The topological polar surface area (TPSA) is 101 Å². The largest absolute Gasteiger partial charge is 0.461 e. The van der Waals surface area contributed by atoms with Crippen molar-refractivity contribution in [3.8, 4) is 0 Å². The maximum absolute atomic E-state index is 13.1. The van der Waals surface area contributed by atoms with E-state index in [-0.39, 0.29) is 11.6 Å². The Balaban J connectivity index is 1.09. The highest BCUT2D eigenvalue weighted by Gasteiger charge is 2.41. The fourth-order valence-electron chi connectivity index (χ4n) is 4.62. The maximum atomic E-state index is 13.1. The van der Waals surface area contributed by atoms with Gasteiger partial charge in [0.2, 0.25) is 23.3 Å². The lowest BCUT2D eigenvalue weighted by Crippen LogP contribution is -2.18. The Bertz CT molecular complexity index is 1450. The van der Waals surface area contributed by atoms with E-state index in [4.69, 9.17) is 32.7 Å². The molecule has 10 heteroatoms. The van der Waals surface area contributed by atoms with Crippen LogP contribution in [0.1, 0.15) is 23.3 Å². The van der Waals surface area contributed by atoms with E-state index in [1.165, 1.54) is 0 Å². The molecule has 4 N–H and O–H groups in total. The third-order valence-corrected chi connectivity index (χ3v) is 6.89. The molecule has 0 radical (unpaired) electrons. The first kappa shape index (κ1) is 21.2. The smallest absolute Gasteiger partial charge is 0.229 e. The van der Waals surface area contributed by atoms with Crippen molar-refractivity contribution in [2.24, 2.45) is 0 Å². The van der Waals surface area contributed by atoms with Gasteiger partial charge in [-0.05, 0) is 36.4 Å². The molecule has 8 nitrogen and oxygen atoms in total. The van der Waals surface area contributed by atoms with Gasteiger partial charge in [-0.2, -0.15) is 0 Å². The number of ether oxygens (including phenoxy) is 2. The van der Waals surface area contributed by atoms with Crippen LogP contribution in [0.15, 0.2) is 83.8 Å². The molecule has 36 heavy (non-hydrogen) atoms. The highest BCUT2D eigenvalue weighted by atomic mass is 35.5. The minimum absolute atomic E-state index is 0.194. The summed E-state index contributed by atoms with van der Waals surface area (Å²) in [6, 6.07) is 17.7. The number of carbonyl (C=O) groups excluding carboxylic acids is 2. The predicted molar refractivity (Wildman–Crippen MR) is 136 cm³/mol. The van der Waals surface area contributed by atoms with E-state index in [9.17, 15) is 9.59 Å². The lowest BCUT2D eigenvalue weighted by atomic mass is 9.99. The molecule has 4 aliphatic heterocycles. The zero-order valence-corrected chi connectivity index (χ0v) is 19.8. The normalized spacial score (nSPS) is 21.2. The Morgan fingerprint density at radius 1 is 0.556 bits per heavy atom. The van der Waals surface area contributed by atoms with Gasteiger partial charge in [-0.15, -0.1) is 0 Å². The van der Waals surface area contributed by atoms with Crippen molar-refractivity contribution >= 4 is 57.5 Å². The van der Waals surface area contributed by atoms with Gasteiger partial charge in [-0.1, -0.05) is 47.5 Å². The third kappa shape index (κ3) is 3.22. The number of nitrogens with one attached hydrogen (secondary N) is 4. The molecule has 0 unspecified atom stereocenters. The van der Waals surface area contributed by atoms with E-state index in [0.29, 0.717) is 44.3 Å². The van der Waals surface area contributed by atoms with Gasteiger partial charge < -0.3 is 30.7 Å². The van der Waals surface area contributed by atoms with Gasteiger partial charge >= 0.3 is 0 Å². The second kappa shape index (κ2) is 7.68. The van der Waals surface area contributed by atoms with Crippen LogP contribution >= 0.6 is 23.2 Å². The van der Waals surface area contributed by atoms with Crippen LogP contribution in [0.2, 0.25) is 10.0 Å². The van der Waals surface area contributed by atoms with E-state index in [0.717, 1.165) is 22.7 Å². The second-order valence-electron chi connectivity index (χ2n) is 8.68. The molecular weight excluding hydrogens is 503 g/mol. The molecule has 0 saturated carbocycles. The van der Waals surface area contributed by atoms with E-state index >= 15 is 0 Å². The molecule has 3 aromatic carbocycles. The number of benzene rings is 3. The van der Waals surface area contributed by atoms with Crippen LogP contribution in [-0.4, -0.2) is 11.6 Å². The average Bonchev–Trinajstić information content (AvgIpc) is 3.37. The molecule has 178 valence electrons. The SMILES string of the molecule is O=C1C2=C(Nc3cc(Cl)ccc3N2)O[C@H]1c1ccc([C@@H]2OC3=C(Nc4ccc(Cl)cc4N3)C2=O)cc1. The van der Waals surface area contributed by atoms with Crippen LogP contribution in [0.25, 0.3) is 0 Å². The highest BCUT2D eigenvalue weighted by Crippen LogP contribution is 2.42. The van der Waals surface area contributed by atoms with Crippen molar-refractivity contribution < 1.29 is 19.1 Å². The Morgan fingerprint density at radius 2 is 0.972 bits per heavy atom. The number of carbonyl (C=O) groups is 2. The molecule has 0 bridgehead atoms. The summed E-state index contributed by atoms with van der Waals surface area (Å²) < 4.78 is 11.9. The average molecular weight is 519 g/mol. The number of ketones is 2. The van der Waals surface area contributed by atoms with Gasteiger partial charge in [-0.3, -0.25) is 9.59 Å². The van der Waals surface area contributed by atoms with Crippen molar-refractivity contribution in [1.29, 1.82) is 0 Å². The number of anilines is 4. The molecule has 0 fully saturated rings. The molecule has 0 amide bonds. The van der Waals surface area contributed by atoms with Crippen molar-refractivity contribution in [3.05, 3.63) is 105 Å². The molecule has 0 spiro atoms. The summed E-state index contributed by atoms with van der Waals surface area (Å²) in [7, 11) is 0. The Kier molecular flexibility index (Phi) is 4.52. The zero-order valence-electron chi connectivity index (χ0n) is 18.3. The Morgan fingerprint density at radius 3 is 1.39 bits per heavy atom. The highest BCUT2D eigenvalue weighted by molar-refractivity contribution is 6.31. The van der Waals surface area contributed by atoms with Crippen LogP contribution in [0.3, 0.4) is 0 Å². The quantitative estimate of drug-likeness (QED) is 0.343. The van der Waals surface area contributed by atoms with Crippen LogP contribution < -0.4 is 21.3 Å².